The Balaban J connectivity index is 1.76. The molecule has 3 heterocycles. The summed E-state index contributed by atoms with van der Waals surface area (Å²) >= 11 is 12.8. The van der Waals surface area contributed by atoms with Gasteiger partial charge in [-0.2, -0.15) is 0 Å². The highest BCUT2D eigenvalue weighted by Crippen LogP contribution is 2.53. The van der Waals surface area contributed by atoms with E-state index in [4.69, 9.17) is 37.9 Å². The average Bonchev–Trinajstić information content (AvgIpc) is 3.08. The first kappa shape index (κ1) is 32.5. The van der Waals surface area contributed by atoms with Crippen molar-refractivity contribution in [3.8, 4) is 5.75 Å². The quantitative estimate of drug-likeness (QED) is 0.338. The number of aliphatic imine (C=N–C) groups is 1. The first-order valence-corrected chi connectivity index (χ1v) is 16.4. The van der Waals surface area contributed by atoms with E-state index in [1.165, 1.54) is 0 Å². The van der Waals surface area contributed by atoms with Crippen LogP contribution in [0.15, 0.2) is 64.8 Å². The van der Waals surface area contributed by atoms with Crippen molar-refractivity contribution in [1.29, 1.82) is 0 Å². The maximum Gasteiger partial charge on any atom is 0.326 e. The first-order valence-electron chi connectivity index (χ1n) is 15.6. The number of ether oxygens (including phenoxy) is 1. The third kappa shape index (κ3) is 5.91. The van der Waals surface area contributed by atoms with Crippen LogP contribution in [0.3, 0.4) is 0 Å². The van der Waals surface area contributed by atoms with Crippen molar-refractivity contribution in [2.75, 3.05) is 39.8 Å². The Morgan fingerprint density at radius 1 is 1.09 bits per heavy atom. The van der Waals surface area contributed by atoms with Gasteiger partial charge in [0.1, 0.15) is 11.6 Å². The molecule has 1 aliphatic carbocycles. The third-order valence-corrected chi connectivity index (χ3v) is 10.1. The summed E-state index contributed by atoms with van der Waals surface area (Å²) in [6.45, 7) is 16.2. The van der Waals surface area contributed by atoms with E-state index < -0.39 is 11.1 Å². The van der Waals surface area contributed by atoms with E-state index in [0.29, 0.717) is 53.3 Å². The molecule has 1 aromatic heterocycles. The largest absolute Gasteiger partial charge is 0.493 e. The number of urea groups is 1. The summed E-state index contributed by atoms with van der Waals surface area (Å²) in [4.78, 5) is 31.7. The zero-order valence-corrected chi connectivity index (χ0v) is 28.5. The Kier molecular flexibility index (Phi) is 9.23. The molecule has 0 bridgehead atoms. The summed E-state index contributed by atoms with van der Waals surface area (Å²) in [7, 11) is 2.11. The summed E-state index contributed by atoms with van der Waals surface area (Å²) in [5, 5.41) is 1.35. The number of likely N-dealkylation sites (N-methyl/N-ethyl adjacent to an activating group) is 1. The highest BCUT2D eigenvalue weighted by molar-refractivity contribution is 6.31. The number of amidine groups is 1. The Labute approximate surface area is 272 Å². The molecular formula is C35H45Cl2N5O2. The minimum atomic E-state index is -0.888. The molecule has 2 amide bonds. The molecule has 7 nitrogen and oxygen atoms in total. The Morgan fingerprint density at radius 2 is 1.82 bits per heavy atom. The topological polar surface area (TPSA) is 61.3 Å². The van der Waals surface area contributed by atoms with Crippen molar-refractivity contribution < 1.29 is 9.53 Å². The first-order chi connectivity index (χ1) is 20.8. The second-order valence-electron chi connectivity index (χ2n) is 13.5. The standard InChI is InChI=1S/C35H45Cl2N5O2/c1-8-44-29-22-30(33(2,3)4)38-23-28(29)31-39-34(5,24-10-14-26(36)15-11-24)35(6,25-12-16-27(37)17-13-25)42(31)32(43)41-19-9-18-40(7)20-21-41/h10,12-17,22-24H,8-9,11,18-21H2,1-7H3/t24?,34-,35+/m0/s1. The van der Waals surface area contributed by atoms with E-state index in [9.17, 15) is 0 Å². The van der Waals surface area contributed by atoms with E-state index in [1.807, 2.05) is 65.4 Å². The molecule has 1 fully saturated rings. The number of hydrogen-bond donors (Lipinski definition) is 0. The number of hydrogen-bond acceptors (Lipinski definition) is 5. The summed E-state index contributed by atoms with van der Waals surface area (Å²) < 4.78 is 6.27. The van der Waals surface area contributed by atoms with Crippen molar-refractivity contribution in [3.05, 3.63) is 81.6 Å². The molecular weight excluding hydrogens is 593 g/mol. The monoisotopic (exact) mass is 637 g/mol. The SMILES string of the molecule is CCOc1cc(C(C)(C)C)ncc1C1=N[C@@](C)(C2C=CC(Cl)=CC2)[C@@](C)(c2ccc(Cl)cc2)N1C(=O)N1CCCN(C)CC1. The van der Waals surface area contributed by atoms with Crippen LogP contribution in [0.4, 0.5) is 4.79 Å². The summed E-state index contributed by atoms with van der Waals surface area (Å²) in [5.41, 5.74) is 0.731. The predicted octanol–water partition coefficient (Wildman–Crippen LogP) is 7.62. The van der Waals surface area contributed by atoms with Crippen LogP contribution in [-0.2, 0) is 11.0 Å². The van der Waals surface area contributed by atoms with Crippen molar-refractivity contribution in [2.24, 2.45) is 10.9 Å². The lowest BCUT2D eigenvalue weighted by molar-refractivity contribution is 0.0909. The molecule has 1 aromatic carbocycles. The number of pyridine rings is 1. The van der Waals surface area contributed by atoms with Crippen LogP contribution in [0.1, 0.15) is 71.2 Å². The molecule has 0 radical (unpaired) electrons. The normalized spacial score (nSPS) is 26.3. The van der Waals surface area contributed by atoms with E-state index in [-0.39, 0.29) is 17.4 Å². The lowest BCUT2D eigenvalue weighted by atomic mass is 9.66. The second kappa shape index (κ2) is 12.5. The van der Waals surface area contributed by atoms with Gasteiger partial charge in [0, 0.05) is 59.0 Å². The maximum absolute atomic E-state index is 15.0. The number of nitrogens with zero attached hydrogens (tertiary/aromatic N) is 5. The lowest BCUT2D eigenvalue weighted by Gasteiger charge is -2.49. The molecule has 1 saturated heterocycles. The predicted molar refractivity (Wildman–Crippen MR) is 180 cm³/mol. The number of benzene rings is 1. The highest BCUT2D eigenvalue weighted by Gasteiger charge is 2.61. The average molecular weight is 639 g/mol. The van der Waals surface area contributed by atoms with Gasteiger partial charge in [0.15, 0.2) is 0 Å². The minimum Gasteiger partial charge on any atom is -0.493 e. The van der Waals surface area contributed by atoms with Gasteiger partial charge in [0.05, 0.1) is 23.2 Å². The fraction of sp³-hybridized carbons (Fsp3) is 0.514. The molecule has 3 atom stereocenters. The number of rotatable bonds is 5. The molecule has 0 N–H and O–H groups in total. The summed E-state index contributed by atoms with van der Waals surface area (Å²) in [6.07, 6.45) is 9.55. The highest BCUT2D eigenvalue weighted by atomic mass is 35.5. The Morgan fingerprint density at radius 3 is 2.45 bits per heavy atom. The van der Waals surface area contributed by atoms with Gasteiger partial charge in [-0.3, -0.25) is 14.9 Å². The van der Waals surface area contributed by atoms with Gasteiger partial charge in [0.25, 0.3) is 0 Å². The van der Waals surface area contributed by atoms with Gasteiger partial charge >= 0.3 is 6.03 Å². The molecule has 0 spiro atoms. The van der Waals surface area contributed by atoms with E-state index in [0.717, 1.165) is 30.8 Å². The van der Waals surface area contributed by atoms with Gasteiger partial charge in [0.2, 0.25) is 0 Å². The van der Waals surface area contributed by atoms with Crippen molar-refractivity contribution in [2.45, 2.75) is 70.9 Å². The number of carbonyl (C=O) groups is 1. The van der Waals surface area contributed by atoms with E-state index in [1.54, 1.807) is 0 Å². The number of allylic oxidation sites excluding steroid dienone is 3. The Hall–Kier alpha value is -2.87. The van der Waals surface area contributed by atoms with E-state index in [2.05, 4.69) is 52.6 Å². The molecule has 2 aliphatic heterocycles. The van der Waals surface area contributed by atoms with Gasteiger partial charge in [-0.05, 0) is 71.0 Å². The molecule has 0 saturated carbocycles. The van der Waals surface area contributed by atoms with Crippen LogP contribution in [0, 0.1) is 5.92 Å². The fourth-order valence-corrected chi connectivity index (χ4v) is 6.89. The Bertz CT molecular complexity index is 1480. The second-order valence-corrected chi connectivity index (χ2v) is 14.3. The van der Waals surface area contributed by atoms with E-state index >= 15 is 4.79 Å². The van der Waals surface area contributed by atoms with Crippen LogP contribution in [0.5, 0.6) is 5.75 Å². The number of aromatic nitrogens is 1. The van der Waals surface area contributed by atoms with Crippen LogP contribution in [-0.4, -0.2) is 76.9 Å². The minimum absolute atomic E-state index is 0.0360. The third-order valence-electron chi connectivity index (χ3n) is 9.52. The summed E-state index contributed by atoms with van der Waals surface area (Å²) in [5.74, 6) is 1.20. The molecule has 236 valence electrons. The van der Waals surface area contributed by atoms with Crippen LogP contribution < -0.4 is 4.74 Å². The van der Waals surface area contributed by atoms with Crippen molar-refractivity contribution in [3.63, 3.8) is 0 Å². The maximum atomic E-state index is 15.0. The fourth-order valence-electron chi connectivity index (χ4n) is 6.60. The molecule has 2 aromatic rings. The number of amides is 2. The number of halogens is 2. The molecule has 9 heteroatoms. The molecule has 5 rings (SSSR count). The smallest absolute Gasteiger partial charge is 0.326 e. The van der Waals surface area contributed by atoms with Crippen molar-refractivity contribution >= 4 is 35.1 Å². The molecule has 3 aliphatic rings. The zero-order valence-electron chi connectivity index (χ0n) is 27.0. The van der Waals surface area contributed by atoms with Gasteiger partial charge in [-0.1, -0.05) is 68.3 Å². The lowest BCUT2D eigenvalue weighted by Crippen LogP contribution is -2.61. The van der Waals surface area contributed by atoms with Crippen LogP contribution in [0.25, 0.3) is 0 Å². The van der Waals surface area contributed by atoms with Crippen LogP contribution >= 0.6 is 23.2 Å². The van der Waals surface area contributed by atoms with Gasteiger partial charge in [-0.15, -0.1) is 0 Å². The van der Waals surface area contributed by atoms with Gasteiger partial charge < -0.3 is 14.5 Å². The van der Waals surface area contributed by atoms with Gasteiger partial charge in [-0.25, -0.2) is 4.79 Å². The molecule has 44 heavy (non-hydrogen) atoms. The van der Waals surface area contributed by atoms with Crippen molar-refractivity contribution in [1.82, 2.24) is 19.7 Å². The number of carbonyl (C=O) groups excluding carboxylic acids is 1. The molecule has 1 unspecified atom stereocenters. The van der Waals surface area contributed by atoms with Crippen LogP contribution in [0.2, 0.25) is 5.02 Å². The zero-order chi connectivity index (χ0) is 31.9. The summed E-state index contributed by atoms with van der Waals surface area (Å²) in [6, 6.07) is 9.76.